The molecule has 0 atom stereocenters. The second-order valence-electron chi connectivity index (χ2n) is 5.52. The Morgan fingerprint density at radius 1 is 0.727 bits per heavy atom. The van der Waals surface area contributed by atoms with Gasteiger partial charge in [-0.15, -0.1) is 0 Å². The summed E-state index contributed by atoms with van der Waals surface area (Å²) in [6, 6.07) is 0. The average Bonchev–Trinajstić information content (AvgIpc) is 2.40. The van der Waals surface area contributed by atoms with Gasteiger partial charge in [-0.25, -0.2) is 0 Å². The molecule has 4 nitrogen and oxygen atoms in total. The van der Waals surface area contributed by atoms with E-state index < -0.39 is 15.1 Å². The van der Waals surface area contributed by atoms with Gasteiger partial charge >= 0.3 is 0 Å². The standard InChI is InChI=1S/C12H28P.C4H11O4P/c1-5-9-13(10-6-2,11-7-3)12-8-4;1-3-7-9(5,6)8-4-2/h5-12H2,1-4H3;3-4H2,1-2H3,(H,5,6)/q+1;/p-1. The van der Waals surface area contributed by atoms with Crippen molar-refractivity contribution >= 4 is 15.1 Å². The second-order valence-corrected chi connectivity index (χ2v) is 11.4. The molecule has 0 aromatic rings. The van der Waals surface area contributed by atoms with Crippen LogP contribution in [0.1, 0.15) is 67.2 Å². The van der Waals surface area contributed by atoms with Crippen molar-refractivity contribution in [2.45, 2.75) is 67.2 Å². The Morgan fingerprint density at radius 3 is 1.18 bits per heavy atom. The Balaban J connectivity index is 0. The van der Waals surface area contributed by atoms with E-state index >= 15 is 0 Å². The van der Waals surface area contributed by atoms with Gasteiger partial charge in [0.15, 0.2) is 0 Å². The van der Waals surface area contributed by atoms with Crippen LogP contribution in [0.3, 0.4) is 0 Å². The molecule has 0 aromatic heterocycles. The molecule has 0 aliphatic heterocycles. The molecule has 0 amide bonds. The monoisotopic (exact) mass is 356 g/mol. The third-order valence-corrected chi connectivity index (χ3v) is 10.1. The maximum atomic E-state index is 10.4. The summed E-state index contributed by atoms with van der Waals surface area (Å²) in [5.41, 5.74) is 0. The predicted octanol–water partition coefficient (Wildman–Crippen LogP) is 5.17. The molecule has 0 spiro atoms. The van der Waals surface area contributed by atoms with Gasteiger partial charge in [0.05, 0.1) is 37.9 Å². The third kappa shape index (κ3) is 13.0. The van der Waals surface area contributed by atoms with Crippen LogP contribution < -0.4 is 4.89 Å². The van der Waals surface area contributed by atoms with Gasteiger partial charge in [0, 0.05) is 7.26 Å². The Morgan fingerprint density at radius 2 is 1.00 bits per heavy atom. The molecule has 0 radical (unpaired) electrons. The summed E-state index contributed by atoms with van der Waals surface area (Å²) in [7, 11) is -4.44. The first kappa shape index (κ1) is 24.8. The highest BCUT2D eigenvalue weighted by molar-refractivity contribution is 7.75. The molecule has 0 N–H and O–H groups in total. The van der Waals surface area contributed by atoms with Crippen LogP contribution in [0.4, 0.5) is 0 Å². The topological polar surface area (TPSA) is 58.6 Å². The zero-order valence-corrected chi connectivity index (χ0v) is 17.4. The lowest BCUT2D eigenvalue weighted by Crippen LogP contribution is -2.10. The van der Waals surface area contributed by atoms with Crippen molar-refractivity contribution < 1.29 is 18.5 Å². The fraction of sp³-hybridized carbons (Fsp3) is 1.00. The summed E-state index contributed by atoms with van der Waals surface area (Å²) < 4.78 is 18.9. The lowest BCUT2D eigenvalue weighted by Gasteiger charge is -2.26. The minimum Gasteiger partial charge on any atom is -0.756 e. The summed E-state index contributed by atoms with van der Waals surface area (Å²) in [5, 5.41) is 0. The Hall–Kier alpha value is 0.540. The van der Waals surface area contributed by atoms with E-state index in [9.17, 15) is 9.46 Å². The van der Waals surface area contributed by atoms with E-state index in [0.29, 0.717) is 0 Å². The highest BCUT2D eigenvalue weighted by Gasteiger charge is 2.32. The molecule has 0 rings (SSSR count). The minimum absolute atomic E-state index is 0.126. The highest BCUT2D eigenvalue weighted by atomic mass is 31.2. The molecule has 0 saturated carbocycles. The molecular weight excluding hydrogens is 318 g/mol. The number of phosphoric ester groups is 1. The fourth-order valence-electron chi connectivity index (χ4n) is 2.92. The summed E-state index contributed by atoms with van der Waals surface area (Å²) in [6.45, 7) is 12.9. The molecule has 0 aliphatic rings. The van der Waals surface area contributed by atoms with Gasteiger partial charge in [-0.3, -0.25) is 4.57 Å². The van der Waals surface area contributed by atoms with Crippen LogP contribution >= 0.6 is 15.1 Å². The molecule has 6 heteroatoms. The van der Waals surface area contributed by atoms with Crippen LogP contribution in [0.15, 0.2) is 0 Å². The molecule has 22 heavy (non-hydrogen) atoms. The van der Waals surface area contributed by atoms with Crippen molar-refractivity contribution in [2.24, 2.45) is 0 Å². The second kappa shape index (κ2) is 15.1. The van der Waals surface area contributed by atoms with E-state index in [2.05, 4.69) is 36.7 Å². The largest absolute Gasteiger partial charge is 0.756 e. The number of rotatable bonds is 12. The van der Waals surface area contributed by atoms with Gasteiger partial charge < -0.3 is 13.9 Å². The lowest BCUT2D eigenvalue weighted by molar-refractivity contribution is -0.224. The van der Waals surface area contributed by atoms with E-state index in [1.54, 1.807) is 38.5 Å². The maximum Gasteiger partial charge on any atom is 0.267 e. The Labute approximate surface area is 139 Å². The third-order valence-electron chi connectivity index (χ3n) is 3.37. The van der Waals surface area contributed by atoms with Crippen LogP contribution in [0.5, 0.6) is 0 Å². The summed E-state index contributed by atoms with van der Waals surface area (Å²) in [4.78, 5) is 10.4. The molecule has 0 unspecified atom stereocenters. The van der Waals surface area contributed by atoms with Crippen LogP contribution in [0.2, 0.25) is 0 Å². The molecule has 0 aromatic carbocycles. The van der Waals surface area contributed by atoms with Crippen LogP contribution in [-0.2, 0) is 13.6 Å². The number of hydrogen-bond acceptors (Lipinski definition) is 4. The van der Waals surface area contributed by atoms with E-state index in [4.69, 9.17) is 0 Å². The first-order chi connectivity index (χ1) is 10.4. The van der Waals surface area contributed by atoms with Gasteiger partial charge in [-0.1, -0.05) is 27.7 Å². The van der Waals surface area contributed by atoms with Crippen molar-refractivity contribution in [3.8, 4) is 0 Å². The van der Waals surface area contributed by atoms with Gasteiger partial charge in [-0.05, 0) is 39.5 Å². The lowest BCUT2D eigenvalue weighted by atomic mass is 10.5. The molecule has 0 heterocycles. The summed E-state index contributed by atoms with van der Waals surface area (Å²) in [5.74, 6) is 0. The van der Waals surface area contributed by atoms with Gasteiger partial charge in [0.25, 0.3) is 7.82 Å². The van der Waals surface area contributed by atoms with Crippen LogP contribution in [0.25, 0.3) is 0 Å². The molecule has 0 fully saturated rings. The van der Waals surface area contributed by atoms with E-state index in [-0.39, 0.29) is 13.2 Å². The number of hydrogen-bond donors (Lipinski definition) is 0. The first-order valence-corrected chi connectivity index (χ1v) is 12.8. The fourth-order valence-corrected chi connectivity index (χ4v) is 8.77. The predicted molar refractivity (Wildman–Crippen MR) is 98.4 cm³/mol. The summed E-state index contributed by atoms with van der Waals surface area (Å²) >= 11 is 0. The molecular formula is C16H38O4P2. The maximum absolute atomic E-state index is 10.4. The van der Waals surface area contributed by atoms with E-state index in [1.165, 1.54) is 25.7 Å². The molecule has 136 valence electrons. The smallest absolute Gasteiger partial charge is 0.267 e. The highest BCUT2D eigenvalue weighted by Crippen LogP contribution is 2.60. The van der Waals surface area contributed by atoms with Crippen LogP contribution in [-0.4, -0.2) is 37.9 Å². The molecule has 0 bridgehead atoms. The number of phosphoric acid groups is 1. The van der Waals surface area contributed by atoms with Crippen molar-refractivity contribution in [3.63, 3.8) is 0 Å². The average molecular weight is 356 g/mol. The van der Waals surface area contributed by atoms with Gasteiger partial charge in [0.1, 0.15) is 0 Å². The molecule has 0 aliphatic carbocycles. The van der Waals surface area contributed by atoms with Crippen molar-refractivity contribution in [1.82, 2.24) is 0 Å². The summed E-state index contributed by atoms with van der Waals surface area (Å²) in [6.07, 6.45) is 11.9. The van der Waals surface area contributed by atoms with Crippen LogP contribution in [0, 0.1) is 0 Å². The van der Waals surface area contributed by atoms with E-state index in [1.807, 2.05) is 0 Å². The molecule has 0 saturated heterocycles. The Bertz CT molecular complexity index is 246. The van der Waals surface area contributed by atoms with Crippen molar-refractivity contribution in [1.29, 1.82) is 0 Å². The van der Waals surface area contributed by atoms with E-state index in [0.717, 1.165) is 0 Å². The zero-order valence-electron chi connectivity index (χ0n) is 15.6. The van der Waals surface area contributed by atoms with Crippen molar-refractivity contribution in [3.05, 3.63) is 0 Å². The SMILES string of the molecule is CCC[P+](CCC)(CCC)CCC.CCOP(=O)([O-])OCC. The quantitative estimate of drug-likeness (QED) is 0.453. The van der Waals surface area contributed by atoms with Gasteiger partial charge in [0.2, 0.25) is 0 Å². The van der Waals surface area contributed by atoms with Gasteiger partial charge in [-0.2, -0.15) is 0 Å². The Kier molecular flexibility index (Phi) is 17.0. The van der Waals surface area contributed by atoms with Crippen molar-refractivity contribution in [2.75, 3.05) is 37.9 Å². The normalized spacial score (nSPS) is 12.0. The first-order valence-electron chi connectivity index (χ1n) is 8.82. The minimum atomic E-state index is -3.94. The zero-order chi connectivity index (χ0) is 17.5.